The van der Waals surface area contributed by atoms with E-state index in [-0.39, 0.29) is 12.3 Å². The summed E-state index contributed by atoms with van der Waals surface area (Å²) in [6.45, 7) is 0. The summed E-state index contributed by atoms with van der Waals surface area (Å²) in [7, 11) is 0. The smallest absolute Gasteiger partial charge is 0.303 e. The molecule has 0 bridgehead atoms. The van der Waals surface area contributed by atoms with Gasteiger partial charge in [-0.1, -0.05) is 0 Å². The highest BCUT2D eigenvalue weighted by atomic mass is 16.4. The monoisotopic (exact) mass is 184 g/mol. The van der Waals surface area contributed by atoms with E-state index >= 15 is 0 Å². The lowest BCUT2D eigenvalue weighted by Gasteiger charge is -2.24. The first-order chi connectivity index (χ1) is 6.22. The Bertz CT molecular complexity index is 181. The van der Waals surface area contributed by atoms with Gasteiger partial charge in [0.15, 0.2) is 0 Å². The van der Waals surface area contributed by atoms with Crippen molar-refractivity contribution in [2.24, 2.45) is 11.8 Å². The van der Waals surface area contributed by atoms with Crippen LogP contribution >= 0.6 is 0 Å². The van der Waals surface area contributed by atoms with Crippen molar-refractivity contribution in [3.63, 3.8) is 0 Å². The number of carboxylic acids is 1. The zero-order valence-electron chi connectivity index (χ0n) is 7.74. The van der Waals surface area contributed by atoms with E-state index in [0.29, 0.717) is 5.92 Å². The number of carbonyl (C=O) groups excluding carboxylic acids is 1. The normalized spacial score (nSPS) is 28.3. The van der Waals surface area contributed by atoms with Crippen molar-refractivity contribution in [1.82, 2.24) is 0 Å². The van der Waals surface area contributed by atoms with Gasteiger partial charge in [0.05, 0.1) is 0 Å². The molecule has 0 spiro atoms. The average molecular weight is 184 g/mol. The van der Waals surface area contributed by atoms with Gasteiger partial charge in [-0.15, -0.1) is 0 Å². The number of hydrogen-bond acceptors (Lipinski definition) is 2. The average Bonchev–Trinajstić information content (AvgIpc) is 2.15. The molecule has 1 saturated carbocycles. The number of carboxylic acid groups (broad SMARTS) is 1. The van der Waals surface area contributed by atoms with Crippen molar-refractivity contribution in [3.8, 4) is 0 Å². The predicted molar refractivity (Wildman–Crippen MR) is 48.4 cm³/mol. The van der Waals surface area contributed by atoms with Crippen molar-refractivity contribution in [1.29, 1.82) is 0 Å². The molecule has 74 valence electrons. The van der Waals surface area contributed by atoms with E-state index in [1.54, 1.807) is 0 Å². The Kier molecular flexibility index (Phi) is 3.93. The third kappa shape index (κ3) is 3.57. The molecule has 13 heavy (non-hydrogen) atoms. The SMILES string of the molecule is O=CC1CCC(CCC(=O)O)CC1. The maximum absolute atomic E-state index is 10.4. The minimum absolute atomic E-state index is 0.237. The van der Waals surface area contributed by atoms with E-state index in [4.69, 9.17) is 5.11 Å². The molecule has 0 aromatic rings. The Morgan fingerprint density at radius 3 is 2.38 bits per heavy atom. The van der Waals surface area contributed by atoms with Crippen molar-refractivity contribution in [3.05, 3.63) is 0 Å². The van der Waals surface area contributed by atoms with Crippen LogP contribution in [0.15, 0.2) is 0 Å². The number of hydrogen-bond donors (Lipinski definition) is 1. The molecule has 3 nitrogen and oxygen atoms in total. The molecule has 1 aliphatic rings. The quantitative estimate of drug-likeness (QED) is 0.678. The first-order valence-corrected chi connectivity index (χ1v) is 4.89. The second-order valence-corrected chi connectivity index (χ2v) is 3.85. The largest absolute Gasteiger partial charge is 0.481 e. The van der Waals surface area contributed by atoms with Gasteiger partial charge in [-0.2, -0.15) is 0 Å². The summed E-state index contributed by atoms with van der Waals surface area (Å²) >= 11 is 0. The van der Waals surface area contributed by atoms with Crippen LogP contribution in [0.4, 0.5) is 0 Å². The van der Waals surface area contributed by atoms with Crippen molar-refractivity contribution in [2.75, 3.05) is 0 Å². The van der Waals surface area contributed by atoms with Crippen LogP contribution in [0.3, 0.4) is 0 Å². The van der Waals surface area contributed by atoms with Gasteiger partial charge in [0.1, 0.15) is 6.29 Å². The van der Waals surface area contributed by atoms with Crippen LogP contribution in [0.5, 0.6) is 0 Å². The van der Waals surface area contributed by atoms with Crippen molar-refractivity contribution < 1.29 is 14.7 Å². The highest BCUT2D eigenvalue weighted by Crippen LogP contribution is 2.30. The zero-order valence-corrected chi connectivity index (χ0v) is 7.74. The molecule has 0 aromatic heterocycles. The summed E-state index contributed by atoms with van der Waals surface area (Å²) in [5, 5.41) is 8.49. The number of carbonyl (C=O) groups is 2. The van der Waals surface area contributed by atoms with Crippen molar-refractivity contribution in [2.45, 2.75) is 38.5 Å². The van der Waals surface area contributed by atoms with Crippen LogP contribution in [0.2, 0.25) is 0 Å². The highest BCUT2D eigenvalue weighted by molar-refractivity contribution is 5.66. The summed E-state index contributed by atoms with van der Waals surface area (Å²) < 4.78 is 0. The van der Waals surface area contributed by atoms with Gasteiger partial charge >= 0.3 is 5.97 Å². The summed E-state index contributed by atoms with van der Waals surface area (Å²) in [4.78, 5) is 20.7. The van der Waals surface area contributed by atoms with Gasteiger partial charge in [0.25, 0.3) is 0 Å². The molecule has 1 N–H and O–H groups in total. The van der Waals surface area contributed by atoms with Gasteiger partial charge in [0, 0.05) is 12.3 Å². The first kappa shape index (κ1) is 10.2. The maximum Gasteiger partial charge on any atom is 0.303 e. The van der Waals surface area contributed by atoms with E-state index < -0.39 is 5.97 Å². The fraction of sp³-hybridized carbons (Fsp3) is 0.800. The van der Waals surface area contributed by atoms with Crippen LogP contribution in [0.1, 0.15) is 38.5 Å². The molecule has 1 fully saturated rings. The third-order valence-corrected chi connectivity index (χ3v) is 2.85. The minimum atomic E-state index is -0.711. The van der Waals surface area contributed by atoms with E-state index in [9.17, 15) is 9.59 Å². The molecular weight excluding hydrogens is 168 g/mol. The molecule has 0 aromatic carbocycles. The summed E-state index contributed by atoms with van der Waals surface area (Å²) in [6.07, 6.45) is 6.04. The van der Waals surface area contributed by atoms with E-state index in [2.05, 4.69) is 0 Å². The Morgan fingerprint density at radius 1 is 1.31 bits per heavy atom. The predicted octanol–water partition coefficient (Wildman–Crippen LogP) is 1.86. The maximum atomic E-state index is 10.4. The number of rotatable bonds is 4. The molecule has 0 heterocycles. The van der Waals surface area contributed by atoms with E-state index in [1.165, 1.54) is 0 Å². The molecule has 0 aliphatic heterocycles. The van der Waals surface area contributed by atoms with Crippen LogP contribution < -0.4 is 0 Å². The topological polar surface area (TPSA) is 54.4 Å². The van der Waals surface area contributed by atoms with Gasteiger partial charge < -0.3 is 9.90 Å². The Balaban J connectivity index is 2.17. The molecular formula is C10H16O3. The van der Waals surface area contributed by atoms with Crippen LogP contribution in [0.25, 0.3) is 0 Å². The molecule has 0 unspecified atom stereocenters. The fourth-order valence-electron chi connectivity index (χ4n) is 1.94. The Hall–Kier alpha value is -0.860. The number of aldehydes is 1. The fourth-order valence-corrected chi connectivity index (χ4v) is 1.94. The molecule has 0 atom stereocenters. The number of aliphatic carboxylic acids is 1. The minimum Gasteiger partial charge on any atom is -0.481 e. The Morgan fingerprint density at radius 2 is 1.92 bits per heavy atom. The zero-order chi connectivity index (χ0) is 9.68. The lowest BCUT2D eigenvalue weighted by atomic mass is 9.81. The first-order valence-electron chi connectivity index (χ1n) is 4.89. The standard InChI is InChI=1S/C10H16O3/c11-7-9-3-1-8(2-4-9)5-6-10(12)13/h7-9H,1-6H2,(H,12,13). The molecule has 0 amide bonds. The Labute approximate surface area is 78.1 Å². The van der Waals surface area contributed by atoms with Gasteiger partial charge in [-0.3, -0.25) is 4.79 Å². The van der Waals surface area contributed by atoms with Crippen LogP contribution in [-0.2, 0) is 9.59 Å². The summed E-state index contributed by atoms with van der Waals surface area (Å²) in [5.41, 5.74) is 0. The van der Waals surface area contributed by atoms with E-state index in [0.717, 1.165) is 38.4 Å². The van der Waals surface area contributed by atoms with Crippen LogP contribution in [-0.4, -0.2) is 17.4 Å². The lowest BCUT2D eigenvalue weighted by Crippen LogP contribution is -2.16. The molecule has 1 rings (SSSR count). The third-order valence-electron chi connectivity index (χ3n) is 2.85. The molecule has 0 saturated heterocycles. The van der Waals surface area contributed by atoms with Crippen LogP contribution in [0, 0.1) is 11.8 Å². The van der Waals surface area contributed by atoms with E-state index in [1.807, 2.05) is 0 Å². The molecule has 0 radical (unpaired) electrons. The second kappa shape index (κ2) is 5.00. The second-order valence-electron chi connectivity index (χ2n) is 3.85. The molecule has 1 aliphatic carbocycles. The van der Waals surface area contributed by atoms with Gasteiger partial charge in [-0.05, 0) is 38.0 Å². The summed E-state index contributed by atoms with van der Waals surface area (Å²) in [6, 6.07) is 0. The van der Waals surface area contributed by atoms with Gasteiger partial charge in [0.2, 0.25) is 0 Å². The van der Waals surface area contributed by atoms with Crippen molar-refractivity contribution >= 4 is 12.3 Å². The lowest BCUT2D eigenvalue weighted by molar-refractivity contribution is -0.137. The highest BCUT2D eigenvalue weighted by Gasteiger charge is 2.20. The van der Waals surface area contributed by atoms with Gasteiger partial charge in [-0.25, -0.2) is 0 Å². The molecule has 3 heteroatoms. The summed E-state index contributed by atoms with van der Waals surface area (Å²) in [5.74, 6) is 0.0610.